The molecule has 0 fully saturated rings. The number of rotatable bonds is 1. The van der Waals surface area contributed by atoms with Gasteiger partial charge in [-0.3, -0.25) is 0 Å². The third-order valence-electron chi connectivity index (χ3n) is 1.92. The van der Waals surface area contributed by atoms with Crippen LogP contribution in [0.5, 0.6) is 0 Å². The Balaban J connectivity index is 2.95. The van der Waals surface area contributed by atoms with Crippen LogP contribution in [0.25, 0.3) is 11.0 Å². The second kappa shape index (κ2) is 2.92. The molecule has 2 rings (SSSR count). The topological polar surface area (TPSA) is 64.9 Å². The van der Waals surface area contributed by atoms with Gasteiger partial charge in [0.1, 0.15) is 11.2 Å². The Bertz CT molecular complexity index is 474. The maximum atomic E-state index is 7.04. The molecular weight excluding hydrogens is 232 g/mol. The van der Waals surface area contributed by atoms with Crippen molar-refractivity contribution in [2.45, 2.75) is 6.92 Å². The number of aromatic nitrogens is 2. The lowest BCUT2D eigenvalue weighted by Crippen LogP contribution is -1.79. The van der Waals surface area contributed by atoms with Gasteiger partial charge in [-0.25, -0.2) is 10.5 Å². The summed E-state index contributed by atoms with van der Waals surface area (Å²) >= 11 is 3.38. The summed E-state index contributed by atoms with van der Waals surface area (Å²) in [5, 5.41) is 3.45. The van der Waals surface area contributed by atoms with Crippen LogP contribution < -0.4 is 0 Å². The first-order valence-electron chi connectivity index (χ1n) is 3.73. The van der Waals surface area contributed by atoms with Gasteiger partial charge in [0.15, 0.2) is 0 Å². The van der Waals surface area contributed by atoms with Crippen molar-refractivity contribution in [1.82, 2.24) is 9.97 Å². The second-order valence-electron chi connectivity index (χ2n) is 2.77. The molecule has 13 heavy (non-hydrogen) atoms. The number of benzene rings is 1. The third-order valence-corrected chi connectivity index (χ3v) is 2.92. The van der Waals surface area contributed by atoms with Gasteiger partial charge in [-0.15, -0.1) is 0 Å². The van der Waals surface area contributed by atoms with Crippen LogP contribution in [0.1, 0.15) is 5.56 Å². The highest BCUT2D eigenvalue weighted by molar-refractivity contribution is 9.10. The molecule has 0 spiro atoms. The smallest absolute Gasteiger partial charge is 0.127 e. The van der Waals surface area contributed by atoms with Crippen molar-refractivity contribution in [3.05, 3.63) is 22.4 Å². The minimum atomic E-state index is 0.580. The largest absolute Gasteiger partial charge is 0.345 e. The number of hydrogen-bond acceptors (Lipinski definition) is 3. The van der Waals surface area contributed by atoms with E-state index in [1.165, 1.54) is 0 Å². The molecule has 4 nitrogen and oxygen atoms in total. The van der Waals surface area contributed by atoms with Crippen molar-refractivity contribution in [2.24, 2.45) is 5.11 Å². The molecule has 0 bridgehead atoms. The molecule has 2 N–H and O–H groups in total. The summed E-state index contributed by atoms with van der Waals surface area (Å²) in [7, 11) is 0. The molecular formula is C8H7BrN4. The highest BCUT2D eigenvalue weighted by atomic mass is 79.9. The summed E-state index contributed by atoms with van der Waals surface area (Å²) in [4.78, 5) is 7.08. The van der Waals surface area contributed by atoms with E-state index >= 15 is 0 Å². The van der Waals surface area contributed by atoms with Gasteiger partial charge in [0.25, 0.3) is 0 Å². The summed E-state index contributed by atoms with van der Waals surface area (Å²) in [6.07, 6.45) is 1.60. The van der Waals surface area contributed by atoms with Gasteiger partial charge in [-0.05, 0) is 34.5 Å². The van der Waals surface area contributed by atoms with Crippen LogP contribution >= 0.6 is 15.9 Å². The number of H-pyrrole nitrogens is 1. The summed E-state index contributed by atoms with van der Waals surface area (Å²) in [5.41, 5.74) is 10.3. The standard InChI is InChI=1S/C8H7BrN4/c1-4-2-5-7(12-3-11-5)8(13-10)6(4)9/h2-3,10H,1H3,(H,11,12). The van der Waals surface area contributed by atoms with Crippen molar-refractivity contribution in [1.29, 1.82) is 5.53 Å². The Morgan fingerprint density at radius 2 is 2.38 bits per heavy atom. The van der Waals surface area contributed by atoms with Crippen LogP contribution in [0.2, 0.25) is 0 Å². The van der Waals surface area contributed by atoms with Gasteiger partial charge in [-0.1, -0.05) is 0 Å². The average molecular weight is 239 g/mol. The molecule has 2 aromatic rings. The van der Waals surface area contributed by atoms with Gasteiger partial charge in [0, 0.05) is 0 Å². The second-order valence-corrected chi connectivity index (χ2v) is 3.56. The van der Waals surface area contributed by atoms with E-state index in [-0.39, 0.29) is 0 Å². The summed E-state index contributed by atoms with van der Waals surface area (Å²) in [5.74, 6) is 0. The van der Waals surface area contributed by atoms with E-state index in [4.69, 9.17) is 5.53 Å². The molecule has 0 amide bonds. The number of fused-ring (bicyclic) bond motifs is 1. The fourth-order valence-corrected chi connectivity index (χ4v) is 1.67. The molecule has 0 aliphatic carbocycles. The van der Waals surface area contributed by atoms with Crippen LogP contribution in [0.4, 0.5) is 5.69 Å². The zero-order chi connectivity index (χ0) is 9.42. The number of hydrogen-bond donors (Lipinski definition) is 2. The lowest BCUT2D eigenvalue weighted by atomic mass is 10.2. The Morgan fingerprint density at radius 3 is 3.08 bits per heavy atom. The lowest BCUT2D eigenvalue weighted by Gasteiger charge is -2.01. The zero-order valence-electron chi connectivity index (χ0n) is 6.93. The maximum Gasteiger partial charge on any atom is 0.127 e. The number of imidazole rings is 1. The third kappa shape index (κ3) is 1.16. The van der Waals surface area contributed by atoms with Crippen LogP contribution in [0.15, 0.2) is 22.0 Å². The summed E-state index contributed by atoms with van der Waals surface area (Å²) in [6, 6.07) is 1.97. The lowest BCUT2D eigenvalue weighted by molar-refractivity contribution is 1.14. The van der Waals surface area contributed by atoms with E-state index < -0.39 is 0 Å². The normalized spacial score (nSPS) is 10.6. The SMILES string of the molecule is Cc1cc2[nH]cnc2c(N=N)c1Br. The molecule has 0 saturated heterocycles. The Kier molecular flexibility index (Phi) is 1.88. The van der Waals surface area contributed by atoms with Crippen molar-refractivity contribution in [3.63, 3.8) is 0 Å². The van der Waals surface area contributed by atoms with Gasteiger partial charge >= 0.3 is 0 Å². The van der Waals surface area contributed by atoms with Crippen molar-refractivity contribution in [2.75, 3.05) is 0 Å². The minimum absolute atomic E-state index is 0.580. The van der Waals surface area contributed by atoms with E-state index in [2.05, 4.69) is 31.0 Å². The number of halogens is 1. The van der Waals surface area contributed by atoms with Crippen LogP contribution in [0.3, 0.4) is 0 Å². The molecule has 1 aromatic heterocycles. The predicted octanol–water partition coefficient (Wildman–Crippen LogP) is 3.30. The monoisotopic (exact) mass is 238 g/mol. The first-order chi connectivity index (χ1) is 6.24. The number of aryl methyl sites for hydroxylation is 1. The van der Waals surface area contributed by atoms with Crippen molar-refractivity contribution >= 4 is 32.7 Å². The van der Waals surface area contributed by atoms with Crippen LogP contribution in [-0.4, -0.2) is 9.97 Å². The molecule has 1 aromatic carbocycles. The molecule has 5 heteroatoms. The van der Waals surface area contributed by atoms with E-state index in [1.807, 2.05) is 13.0 Å². The number of nitrogens with zero attached hydrogens (tertiary/aromatic N) is 2. The Hall–Kier alpha value is -1.23. The molecule has 0 unspecified atom stereocenters. The molecule has 0 aliphatic heterocycles. The number of nitrogens with one attached hydrogen (secondary N) is 2. The molecule has 0 radical (unpaired) electrons. The zero-order valence-corrected chi connectivity index (χ0v) is 8.51. The quantitative estimate of drug-likeness (QED) is 0.736. The van der Waals surface area contributed by atoms with E-state index in [0.717, 1.165) is 21.1 Å². The van der Waals surface area contributed by atoms with Crippen LogP contribution in [-0.2, 0) is 0 Å². The fourth-order valence-electron chi connectivity index (χ4n) is 1.28. The number of aromatic amines is 1. The Morgan fingerprint density at radius 1 is 1.62 bits per heavy atom. The van der Waals surface area contributed by atoms with Gasteiger partial charge in [0.2, 0.25) is 0 Å². The Labute approximate surface area is 83.0 Å². The predicted molar refractivity (Wildman–Crippen MR) is 53.3 cm³/mol. The minimum Gasteiger partial charge on any atom is -0.345 e. The van der Waals surface area contributed by atoms with Crippen molar-refractivity contribution < 1.29 is 0 Å². The maximum absolute atomic E-state index is 7.04. The van der Waals surface area contributed by atoms with E-state index in [1.54, 1.807) is 6.33 Å². The first-order valence-corrected chi connectivity index (χ1v) is 4.53. The molecule has 0 atom stereocenters. The molecule has 1 heterocycles. The summed E-state index contributed by atoms with van der Waals surface area (Å²) < 4.78 is 0.835. The van der Waals surface area contributed by atoms with Gasteiger partial charge in [0.05, 0.1) is 16.3 Å². The van der Waals surface area contributed by atoms with Crippen LogP contribution in [0, 0.1) is 12.5 Å². The molecule has 0 saturated carbocycles. The first kappa shape index (κ1) is 8.37. The average Bonchev–Trinajstić information content (AvgIpc) is 2.54. The highest BCUT2D eigenvalue weighted by Crippen LogP contribution is 2.34. The van der Waals surface area contributed by atoms with Gasteiger partial charge in [-0.2, -0.15) is 5.11 Å². The van der Waals surface area contributed by atoms with Crippen molar-refractivity contribution in [3.8, 4) is 0 Å². The fraction of sp³-hybridized carbons (Fsp3) is 0.125. The van der Waals surface area contributed by atoms with E-state index in [9.17, 15) is 0 Å². The van der Waals surface area contributed by atoms with Gasteiger partial charge < -0.3 is 4.98 Å². The summed E-state index contributed by atoms with van der Waals surface area (Å²) in [6.45, 7) is 1.96. The van der Waals surface area contributed by atoms with E-state index in [0.29, 0.717) is 5.69 Å². The molecule has 66 valence electrons. The highest BCUT2D eigenvalue weighted by Gasteiger charge is 2.09. The molecule has 0 aliphatic rings.